The van der Waals surface area contributed by atoms with Crippen molar-refractivity contribution in [2.45, 2.75) is 12.8 Å². The lowest BCUT2D eigenvalue weighted by molar-refractivity contribution is 0.687. The van der Waals surface area contributed by atoms with Crippen LogP contribution < -0.4 is 10.6 Å². The van der Waals surface area contributed by atoms with Crippen molar-refractivity contribution in [3.63, 3.8) is 0 Å². The molecule has 0 aromatic carbocycles. The van der Waals surface area contributed by atoms with Crippen LogP contribution in [0.5, 0.6) is 0 Å². The van der Waals surface area contributed by atoms with E-state index >= 15 is 0 Å². The first-order valence-corrected chi connectivity index (χ1v) is 4.28. The van der Waals surface area contributed by atoms with Gasteiger partial charge in [0.05, 0.1) is 6.54 Å². The van der Waals surface area contributed by atoms with E-state index in [-0.39, 0.29) is 0 Å². The second-order valence-corrected chi connectivity index (χ2v) is 3.26. The van der Waals surface area contributed by atoms with Gasteiger partial charge in [0.2, 0.25) is 0 Å². The molecule has 1 fully saturated rings. The van der Waals surface area contributed by atoms with E-state index in [1.165, 1.54) is 25.1 Å². The smallest absolute Gasteiger partial charge is 0.0542 e. The van der Waals surface area contributed by atoms with Crippen molar-refractivity contribution in [3.8, 4) is 0 Å². The molecule has 2 aliphatic rings. The molecule has 0 bridgehead atoms. The zero-order valence-electron chi connectivity index (χ0n) is 6.64. The maximum atomic E-state index is 3.43. The van der Waals surface area contributed by atoms with Gasteiger partial charge in [-0.2, -0.15) is 0 Å². The minimum Gasteiger partial charge on any atom is -0.387 e. The fourth-order valence-corrected chi connectivity index (χ4v) is 1.18. The molecule has 0 atom stereocenters. The summed E-state index contributed by atoms with van der Waals surface area (Å²) >= 11 is 0. The Bertz CT molecular complexity index is 190. The van der Waals surface area contributed by atoms with Crippen molar-refractivity contribution >= 4 is 0 Å². The van der Waals surface area contributed by atoms with Crippen LogP contribution in [0.2, 0.25) is 0 Å². The quantitative estimate of drug-likeness (QED) is 0.627. The van der Waals surface area contributed by atoms with Crippen molar-refractivity contribution in [2.24, 2.45) is 5.92 Å². The molecule has 2 N–H and O–H groups in total. The third kappa shape index (κ3) is 2.00. The Hall–Kier alpha value is -0.920. The van der Waals surface area contributed by atoms with Gasteiger partial charge in [0, 0.05) is 12.2 Å². The zero-order valence-corrected chi connectivity index (χ0v) is 6.64. The van der Waals surface area contributed by atoms with E-state index in [9.17, 15) is 0 Å². The zero-order chi connectivity index (χ0) is 7.52. The highest BCUT2D eigenvalue weighted by Gasteiger charge is 2.20. The molecule has 2 rings (SSSR count). The molecule has 0 aromatic rings. The molecule has 60 valence electrons. The highest BCUT2D eigenvalue weighted by Crippen LogP contribution is 2.27. The average Bonchev–Trinajstić information content (AvgIpc) is 2.86. The van der Waals surface area contributed by atoms with E-state index in [0.717, 1.165) is 12.5 Å². The number of allylic oxidation sites excluding steroid dienone is 2. The molecule has 1 aliphatic carbocycles. The summed E-state index contributed by atoms with van der Waals surface area (Å²) < 4.78 is 0. The summed E-state index contributed by atoms with van der Waals surface area (Å²) in [6, 6.07) is 0. The fourth-order valence-electron chi connectivity index (χ4n) is 1.18. The van der Waals surface area contributed by atoms with E-state index < -0.39 is 0 Å². The van der Waals surface area contributed by atoms with Gasteiger partial charge in [0.25, 0.3) is 0 Å². The summed E-state index contributed by atoms with van der Waals surface area (Å²) in [5, 5.41) is 6.60. The lowest BCUT2D eigenvalue weighted by atomic mass is 10.3. The summed E-state index contributed by atoms with van der Waals surface area (Å²) in [7, 11) is 0. The van der Waals surface area contributed by atoms with Gasteiger partial charge < -0.3 is 10.6 Å². The average molecular weight is 150 g/mol. The second kappa shape index (κ2) is 2.99. The SMILES string of the molecule is C1=CNCC(NCC2CC2)=C1. The molecular formula is C9H14N2. The minimum absolute atomic E-state index is 0.960. The predicted molar refractivity (Wildman–Crippen MR) is 46.0 cm³/mol. The van der Waals surface area contributed by atoms with Crippen LogP contribution in [0.15, 0.2) is 24.0 Å². The molecule has 0 aromatic heterocycles. The number of nitrogens with one attached hydrogen (secondary N) is 2. The van der Waals surface area contributed by atoms with Crippen LogP contribution in [0.4, 0.5) is 0 Å². The maximum absolute atomic E-state index is 3.43. The van der Waals surface area contributed by atoms with Crippen LogP contribution in [-0.2, 0) is 0 Å². The summed E-state index contributed by atoms with van der Waals surface area (Å²) in [5.74, 6) is 0.960. The Balaban J connectivity index is 1.75. The van der Waals surface area contributed by atoms with Crippen LogP contribution in [-0.4, -0.2) is 13.1 Å². The number of rotatable bonds is 3. The highest BCUT2D eigenvalue weighted by atomic mass is 15.0. The van der Waals surface area contributed by atoms with Crippen LogP contribution in [0, 0.1) is 5.92 Å². The van der Waals surface area contributed by atoms with E-state index in [1.807, 2.05) is 12.3 Å². The molecule has 2 heteroatoms. The summed E-state index contributed by atoms with van der Waals surface area (Å²) in [6.45, 7) is 2.13. The van der Waals surface area contributed by atoms with Crippen molar-refractivity contribution in [1.29, 1.82) is 0 Å². The first kappa shape index (κ1) is 6.77. The summed E-state index contributed by atoms with van der Waals surface area (Å²) in [4.78, 5) is 0. The molecule has 11 heavy (non-hydrogen) atoms. The first-order chi connectivity index (χ1) is 5.45. The molecule has 2 nitrogen and oxygen atoms in total. The van der Waals surface area contributed by atoms with Gasteiger partial charge in [-0.3, -0.25) is 0 Å². The van der Waals surface area contributed by atoms with Crippen molar-refractivity contribution < 1.29 is 0 Å². The Labute approximate surface area is 67.4 Å². The minimum atomic E-state index is 0.960. The third-order valence-electron chi connectivity index (χ3n) is 2.12. The molecule has 0 amide bonds. The van der Waals surface area contributed by atoms with Crippen molar-refractivity contribution in [2.75, 3.05) is 13.1 Å². The molecule has 0 saturated heterocycles. The molecular weight excluding hydrogens is 136 g/mol. The van der Waals surface area contributed by atoms with Gasteiger partial charge >= 0.3 is 0 Å². The van der Waals surface area contributed by atoms with E-state index in [0.29, 0.717) is 0 Å². The largest absolute Gasteiger partial charge is 0.387 e. The van der Waals surface area contributed by atoms with Gasteiger partial charge in [-0.25, -0.2) is 0 Å². The molecule has 0 radical (unpaired) electrons. The van der Waals surface area contributed by atoms with Crippen LogP contribution in [0.3, 0.4) is 0 Å². The topological polar surface area (TPSA) is 24.1 Å². The van der Waals surface area contributed by atoms with Gasteiger partial charge in [0.1, 0.15) is 0 Å². The summed E-state index contributed by atoms with van der Waals surface area (Å²) in [5.41, 5.74) is 1.32. The lowest BCUT2D eigenvalue weighted by Crippen LogP contribution is -2.25. The van der Waals surface area contributed by atoms with Crippen LogP contribution in [0.25, 0.3) is 0 Å². The van der Waals surface area contributed by atoms with Crippen molar-refractivity contribution in [3.05, 3.63) is 24.0 Å². The monoisotopic (exact) mass is 150 g/mol. The van der Waals surface area contributed by atoms with E-state index in [4.69, 9.17) is 0 Å². The molecule has 1 aliphatic heterocycles. The Morgan fingerprint density at radius 3 is 3.09 bits per heavy atom. The number of dihydropyridines is 1. The maximum Gasteiger partial charge on any atom is 0.0542 e. The van der Waals surface area contributed by atoms with Crippen LogP contribution in [0.1, 0.15) is 12.8 Å². The van der Waals surface area contributed by atoms with Gasteiger partial charge in [0.15, 0.2) is 0 Å². The van der Waals surface area contributed by atoms with E-state index in [1.54, 1.807) is 0 Å². The molecule has 1 heterocycles. The summed E-state index contributed by atoms with van der Waals surface area (Å²) in [6.07, 6.45) is 8.99. The van der Waals surface area contributed by atoms with E-state index in [2.05, 4.69) is 16.7 Å². The number of hydrogen-bond acceptors (Lipinski definition) is 2. The standard InChI is InChI=1S/C9H14N2/c1-2-9(7-10-5-1)11-6-8-3-4-8/h1-2,5,8,10-11H,3-4,6-7H2. The number of hydrogen-bond donors (Lipinski definition) is 2. The van der Waals surface area contributed by atoms with Gasteiger partial charge in [-0.1, -0.05) is 0 Å². The third-order valence-corrected chi connectivity index (χ3v) is 2.12. The second-order valence-electron chi connectivity index (χ2n) is 3.26. The Morgan fingerprint density at radius 2 is 2.45 bits per heavy atom. The molecule has 1 saturated carbocycles. The van der Waals surface area contributed by atoms with Crippen molar-refractivity contribution in [1.82, 2.24) is 10.6 Å². The Morgan fingerprint density at radius 1 is 1.55 bits per heavy atom. The highest BCUT2D eigenvalue weighted by molar-refractivity contribution is 5.16. The van der Waals surface area contributed by atoms with Gasteiger partial charge in [-0.05, 0) is 37.1 Å². The Kier molecular flexibility index (Phi) is 1.84. The lowest BCUT2D eigenvalue weighted by Gasteiger charge is -2.12. The van der Waals surface area contributed by atoms with Crippen LogP contribution >= 0.6 is 0 Å². The van der Waals surface area contributed by atoms with Gasteiger partial charge in [-0.15, -0.1) is 0 Å². The first-order valence-electron chi connectivity index (χ1n) is 4.28. The molecule has 0 spiro atoms. The molecule has 0 unspecified atom stereocenters. The normalized spacial score (nSPS) is 22.4. The fraction of sp³-hybridized carbons (Fsp3) is 0.556. The predicted octanol–water partition coefficient (Wildman–Crippen LogP) is 0.987.